The van der Waals surface area contributed by atoms with Crippen molar-refractivity contribution < 1.29 is 13.2 Å². The van der Waals surface area contributed by atoms with Crippen molar-refractivity contribution in [2.75, 3.05) is 26.2 Å². The Morgan fingerprint density at radius 3 is 2.38 bits per heavy atom. The highest BCUT2D eigenvalue weighted by Gasteiger charge is 2.31. The maximum absolute atomic E-state index is 12.8. The van der Waals surface area contributed by atoms with Crippen molar-refractivity contribution in [2.24, 2.45) is 0 Å². The first-order valence-electron chi connectivity index (χ1n) is 7.78. The van der Waals surface area contributed by atoms with E-state index in [2.05, 4.69) is 0 Å². The molecular weight excluding hydrogens is 344 g/mol. The summed E-state index contributed by atoms with van der Waals surface area (Å²) in [4.78, 5) is 14.4. The number of hydrogen-bond donors (Lipinski definition) is 0. The highest BCUT2D eigenvalue weighted by molar-refractivity contribution is 7.89. The second-order valence-corrected chi connectivity index (χ2v) is 8.66. The van der Waals surface area contributed by atoms with E-state index in [1.807, 2.05) is 36.7 Å². The van der Waals surface area contributed by atoms with Crippen molar-refractivity contribution in [3.8, 4) is 0 Å². The van der Waals surface area contributed by atoms with E-state index in [9.17, 15) is 13.2 Å². The fourth-order valence-electron chi connectivity index (χ4n) is 2.93. The Hall–Kier alpha value is -1.70. The van der Waals surface area contributed by atoms with Crippen LogP contribution < -0.4 is 0 Å². The molecular formula is C17H20N2O3S2. The highest BCUT2D eigenvalue weighted by atomic mass is 32.2. The molecule has 7 heteroatoms. The van der Waals surface area contributed by atoms with Crippen molar-refractivity contribution in [1.82, 2.24) is 9.21 Å². The van der Waals surface area contributed by atoms with Gasteiger partial charge in [-0.1, -0.05) is 17.7 Å². The molecule has 1 saturated heterocycles. The molecule has 1 fully saturated rings. The zero-order valence-corrected chi connectivity index (χ0v) is 15.4. The van der Waals surface area contributed by atoms with Gasteiger partial charge in [0.2, 0.25) is 10.0 Å². The Morgan fingerprint density at radius 2 is 1.79 bits per heavy atom. The largest absolute Gasteiger partial charge is 0.336 e. The van der Waals surface area contributed by atoms with Gasteiger partial charge >= 0.3 is 0 Å². The summed E-state index contributed by atoms with van der Waals surface area (Å²) in [6.07, 6.45) is 0. The second kappa shape index (κ2) is 6.66. The zero-order chi connectivity index (χ0) is 17.3. The molecule has 1 aromatic carbocycles. The third-order valence-corrected chi connectivity index (χ3v) is 6.98. The van der Waals surface area contributed by atoms with Gasteiger partial charge in [0.1, 0.15) is 0 Å². The molecule has 0 unspecified atom stereocenters. The lowest BCUT2D eigenvalue weighted by Gasteiger charge is -2.34. The summed E-state index contributed by atoms with van der Waals surface area (Å²) in [6.45, 7) is 5.24. The number of nitrogens with zero attached hydrogens (tertiary/aromatic N) is 2. The van der Waals surface area contributed by atoms with Crippen LogP contribution >= 0.6 is 11.3 Å². The molecule has 2 aromatic rings. The Balaban J connectivity index is 1.73. The number of sulfonamides is 1. The van der Waals surface area contributed by atoms with E-state index in [0.717, 1.165) is 11.1 Å². The molecule has 128 valence electrons. The van der Waals surface area contributed by atoms with Gasteiger partial charge in [-0.15, -0.1) is 0 Å². The number of piperazine rings is 1. The summed E-state index contributed by atoms with van der Waals surface area (Å²) in [5.74, 6) is -0.0279. The number of benzene rings is 1. The highest BCUT2D eigenvalue weighted by Crippen LogP contribution is 2.22. The Kier molecular flexibility index (Phi) is 4.76. The van der Waals surface area contributed by atoms with E-state index in [-0.39, 0.29) is 5.91 Å². The molecule has 1 aliphatic rings. The summed E-state index contributed by atoms with van der Waals surface area (Å²) >= 11 is 1.48. The van der Waals surface area contributed by atoms with Crippen molar-refractivity contribution in [3.05, 3.63) is 51.7 Å². The molecule has 0 spiro atoms. The molecule has 2 heterocycles. The average Bonchev–Trinajstić information content (AvgIpc) is 3.08. The molecule has 0 radical (unpaired) electrons. The van der Waals surface area contributed by atoms with Crippen LogP contribution in [-0.4, -0.2) is 49.7 Å². The van der Waals surface area contributed by atoms with Crippen LogP contribution in [0, 0.1) is 13.8 Å². The maximum atomic E-state index is 12.8. The first-order valence-corrected chi connectivity index (χ1v) is 10.2. The standard InChI is InChI=1S/C17H20N2O3S2/c1-13-3-4-16(14(2)11-13)24(21,22)19-8-6-18(7-9-19)17(20)15-5-10-23-12-15/h3-5,10-12H,6-9H2,1-2H3. The molecule has 1 amide bonds. The van der Waals surface area contributed by atoms with E-state index in [1.54, 1.807) is 17.0 Å². The smallest absolute Gasteiger partial charge is 0.254 e. The number of carbonyl (C=O) groups excluding carboxylic acids is 1. The van der Waals surface area contributed by atoms with Crippen LogP contribution in [0.4, 0.5) is 0 Å². The van der Waals surface area contributed by atoms with Crippen LogP contribution in [0.5, 0.6) is 0 Å². The summed E-state index contributed by atoms with van der Waals surface area (Å²) in [5, 5.41) is 3.69. The van der Waals surface area contributed by atoms with E-state index < -0.39 is 10.0 Å². The lowest BCUT2D eigenvalue weighted by Crippen LogP contribution is -2.50. The summed E-state index contributed by atoms with van der Waals surface area (Å²) in [5.41, 5.74) is 2.47. The number of rotatable bonds is 3. The van der Waals surface area contributed by atoms with Gasteiger partial charge in [0.05, 0.1) is 10.5 Å². The molecule has 0 N–H and O–H groups in total. The minimum atomic E-state index is -3.51. The normalized spacial score (nSPS) is 16.3. The van der Waals surface area contributed by atoms with Crippen LogP contribution in [0.1, 0.15) is 21.5 Å². The summed E-state index contributed by atoms with van der Waals surface area (Å²) < 4.78 is 27.2. The number of carbonyl (C=O) groups is 1. The van der Waals surface area contributed by atoms with Gasteiger partial charge in [-0.3, -0.25) is 4.79 Å². The van der Waals surface area contributed by atoms with Crippen LogP contribution in [0.2, 0.25) is 0 Å². The van der Waals surface area contributed by atoms with Crippen LogP contribution in [0.3, 0.4) is 0 Å². The maximum Gasteiger partial charge on any atom is 0.254 e. The van der Waals surface area contributed by atoms with Gasteiger partial charge in [-0.25, -0.2) is 8.42 Å². The summed E-state index contributed by atoms with van der Waals surface area (Å²) in [7, 11) is -3.51. The predicted octanol–water partition coefficient (Wildman–Crippen LogP) is 2.51. The SMILES string of the molecule is Cc1ccc(S(=O)(=O)N2CCN(C(=O)c3ccsc3)CC2)c(C)c1. The Morgan fingerprint density at radius 1 is 1.08 bits per heavy atom. The molecule has 0 saturated carbocycles. The topological polar surface area (TPSA) is 57.7 Å². The second-order valence-electron chi connectivity index (χ2n) is 5.98. The Bertz CT molecular complexity index is 837. The van der Waals surface area contributed by atoms with Crippen molar-refractivity contribution >= 4 is 27.3 Å². The molecule has 0 bridgehead atoms. The molecule has 24 heavy (non-hydrogen) atoms. The van der Waals surface area contributed by atoms with Crippen LogP contribution in [0.15, 0.2) is 39.9 Å². The molecule has 1 aromatic heterocycles. The van der Waals surface area contributed by atoms with Gasteiger partial charge in [-0.05, 0) is 36.9 Å². The van der Waals surface area contributed by atoms with Crippen molar-refractivity contribution in [3.63, 3.8) is 0 Å². The lowest BCUT2D eigenvalue weighted by atomic mass is 10.2. The first-order chi connectivity index (χ1) is 11.4. The number of aryl methyl sites for hydroxylation is 2. The number of amides is 1. The zero-order valence-electron chi connectivity index (χ0n) is 13.7. The molecule has 3 rings (SSSR count). The minimum absolute atomic E-state index is 0.0279. The number of thiophene rings is 1. The van der Waals surface area contributed by atoms with Gasteiger partial charge in [0.15, 0.2) is 0 Å². The van der Waals surface area contributed by atoms with E-state index in [0.29, 0.717) is 36.6 Å². The Labute approximate surface area is 146 Å². The average molecular weight is 364 g/mol. The van der Waals surface area contributed by atoms with Gasteiger partial charge < -0.3 is 4.90 Å². The van der Waals surface area contributed by atoms with Gasteiger partial charge in [0.25, 0.3) is 5.91 Å². The van der Waals surface area contributed by atoms with E-state index in [4.69, 9.17) is 0 Å². The van der Waals surface area contributed by atoms with Crippen LogP contribution in [-0.2, 0) is 10.0 Å². The number of hydrogen-bond acceptors (Lipinski definition) is 4. The van der Waals surface area contributed by atoms with E-state index in [1.165, 1.54) is 15.6 Å². The molecule has 0 atom stereocenters. The monoisotopic (exact) mass is 364 g/mol. The van der Waals surface area contributed by atoms with Crippen molar-refractivity contribution in [2.45, 2.75) is 18.7 Å². The third-order valence-electron chi connectivity index (χ3n) is 4.24. The molecule has 0 aliphatic carbocycles. The fraction of sp³-hybridized carbons (Fsp3) is 0.353. The summed E-state index contributed by atoms with van der Waals surface area (Å²) in [6, 6.07) is 7.16. The van der Waals surface area contributed by atoms with E-state index >= 15 is 0 Å². The third kappa shape index (κ3) is 3.24. The van der Waals surface area contributed by atoms with Gasteiger partial charge in [-0.2, -0.15) is 15.6 Å². The molecule has 5 nitrogen and oxygen atoms in total. The van der Waals surface area contributed by atoms with Gasteiger partial charge in [0, 0.05) is 31.6 Å². The predicted molar refractivity (Wildman–Crippen MR) is 94.9 cm³/mol. The van der Waals surface area contributed by atoms with Crippen LogP contribution in [0.25, 0.3) is 0 Å². The lowest BCUT2D eigenvalue weighted by molar-refractivity contribution is 0.0698. The first kappa shape index (κ1) is 17.1. The fourth-order valence-corrected chi connectivity index (χ4v) is 5.19. The molecule has 1 aliphatic heterocycles. The quantitative estimate of drug-likeness (QED) is 0.841. The van der Waals surface area contributed by atoms with Crippen molar-refractivity contribution in [1.29, 1.82) is 0 Å². The minimum Gasteiger partial charge on any atom is -0.336 e.